The van der Waals surface area contributed by atoms with E-state index >= 15 is 0 Å². The van der Waals surface area contributed by atoms with Gasteiger partial charge in [0.25, 0.3) is 5.91 Å². The summed E-state index contributed by atoms with van der Waals surface area (Å²) in [6.45, 7) is 5.30. The molecule has 0 bridgehead atoms. The fourth-order valence-electron chi connectivity index (χ4n) is 3.43. The van der Waals surface area contributed by atoms with Crippen LogP contribution < -0.4 is 10.6 Å². The fourth-order valence-corrected chi connectivity index (χ4v) is 3.68. The van der Waals surface area contributed by atoms with Gasteiger partial charge >= 0.3 is 12.1 Å². The Morgan fingerprint density at radius 1 is 1.15 bits per heavy atom. The standard InChI is InChI=1S/C24H24F3N3O3S/c1-13(2)33-22(32)19-14(3)30(4)23(34)29-20(19)15-8-10-18(11-9-15)28-21(31)16-6-5-7-17(12-16)24(25,26)27/h5-13,20H,1-4H3,(H,28,31)(H,29,34). The maximum atomic E-state index is 12.9. The number of thiocarbonyl (C=S) groups is 1. The molecule has 10 heteroatoms. The Labute approximate surface area is 200 Å². The number of carbonyl (C=O) groups excluding carboxylic acids is 2. The number of nitrogens with one attached hydrogen (secondary N) is 2. The Bertz CT molecular complexity index is 1140. The van der Waals surface area contributed by atoms with Gasteiger partial charge in [-0.25, -0.2) is 4.79 Å². The van der Waals surface area contributed by atoms with E-state index in [1.165, 1.54) is 12.1 Å². The van der Waals surface area contributed by atoms with Gasteiger partial charge in [-0.05, 0) is 68.9 Å². The van der Waals surface area contributed by atoms with E-state index in [-0.39, 0.29) is 11.7 Å². The van der Waals surface area contributed by atoms with E-state index in [1.807, 2.05) is 0 Å². The smallest absolute Gasteiger partial charge is 0.416 e. The van der Waals surface area contributed by atoms with Gasteiger partial charge in [0, 0.05) is 24.0 Å². The lowest BCUT2D eigenvalue weighted by molar-refractivity contribution is -0.143. The maximum Gasteiger partial charge on any atom is 0.416 e. The van der Waals surface area contributed by atoms with Crippen molar-refractivity contribution >= 4 is 34.9 Å². The van der Waals surface area contributed by atoms with Crippen molar-refractivity contribution in [2.45, 2.75) is 39.1 Å². The minimum Gasteiger partial charge on any atom is -0.459 e. The van der Waals surface area contributed by atoms with Crippen LogP contribution in [0, 0.1) is 0 Å². The summed E-state index contributed by atoms with van der Waals surface area (Å²) in [7, 11) is 1.75. The minimum atomic E-state index is -4.54. The van der Waals surface area contributed by atoms with E-state index in [1.54, 1.807) is 57.0 Å². The molecule has 6 nitrogen and oxygen atoms in total. The van der Waals surface area contributed by atoms with Crippen molar-refractivity contribution < 1.29 is 27.5 Å². The first-order valence-electron chi connectivity index (χ1n) is 10.4. The lowest BCUT2D eigenvalue weighted by atomic mass is 9.95. The Kier molecular flexibility index (Phi) is 7.30. The first-order chi connectivity index (χ1) is 15.9. The molecule has 2 N–H and O–H groups in total. The van der Waals surface area contributed by atoms with E-state index in [9.17, 15) is 22.8 Å². The zero-order chi connectivity index (χ0) is 25.2. The first-order valence-corrected chi connectivity index (χ1v) is 10.8. The number of allylic oxidation sites excluding steroid dienone is 1. The predicted molar refractivity (Wildman–Crippen MR) is 126 cm³/mol. The average molecular weight is 492 g/mol. The third kappa shape index (κ3) is 5.56. The van der Waals surface area contributed by atoms with Crippen LogP contribution in [0.15, 0.2) is 59.8 Å². The van der Waals surface area contributed by atoms with Crippen LogP contribution in [0.1, 0.15) is 48.3 Å². The predicted octanol–water partition coefficient (Wildman–Crippen LogP) is 5.04. The van der Waals surface area contributed by atoms with Crippen molar-refractivity contribution in [2.24, 2.45) is 0 Å². The van der Waals surface area contributed by atoms with Gasteiger partial charge in [-0.15, -0.1) is 0 Å². The monoisotopic (exact) mass is 491 g/mol. The van der Waals surface area contributed by atoms with Crippen LogP contribution in [0.3, 0.4) is 0 Å². The molecular formula is C24H24F3N3O3S. The molecule has 0 radical (unpaired) electrons. The second-order valence-electron chi connectivity index (χ2n) is 8.05. The number of hydrogen-bond donors (Lipinski definition) is 2. The zero-order valence-electron chi connectivity index (χ0n) is 19.0. The lowest BCUT2D eigenvalue weighted by Crippen LogP contribution is -2.46. The van der Waals surface area contributed by atoms with Crippen LogP contribution in [0.25, 0.3) is 0 Å². The molecule has 1 aliphatic rings. The third-order valence-electron chi connectivity index (χ3n) is 5.27. The van der Waals surface area contributed by atoms with Crippen molar-refractivity contribution in [1.82, 2.24) is 10.2 Å². The van der Waals surface area contributed by atoms with Gasteiger partial charge in [0.05, 0.1) is 23.3 Å². The summed E-state index contributed by atoms with van der Waals surface area (Å²) in [5, 5.41) is 6.15. The topological polar surface area (TPSA) is 70.7 Å². The van der Waals surface area contributed by atoms with Gasteiger partial charge in [0.2, 0.25) is 0 Å². The lowest BCUT2D eigenvalue weighted by Gasteiger charge is -2.35. The molecule has 3 rings (SSSR count). The molecule has 34 heavy (non-hydrogen) atoms. The van der Waals surface area contributed by atoms with Crippen LogP contribution in [0.4, 0.5) is 18.9 Å². The van der Waals surface area contributed by atoms with Crippen molar-refractivity contribution in [1.29, 1.82) is 0 Å². The Hall–Kier alpha value is -3.40. The normalized spacial score (nSPS) is 16.4. The summed E-state index contributed by atoms with van der Waals surface area (Å²) in [5.74, 6) is -1.14. The molecule has 0 saturated heterocycles. The molecule has 1 heterocycles. The maximum absolute atomic E-state index is 12.9. The largest absolute Gasteiger partial charge is 0.459 e. The zero-order valence-corrected chi connectivity index (χ0v) is 19.8. The number of esters is 1. The SMILES string of the molecule is CC1=C(C(=O)OC(C)C)C(c2ccc(NC(=O)c3cccc(C(F)(F)F)c3)cc2)NC(=S)N1C. The van der Waals surface area contributed by atoms with Gasteiger partial charge < -0.3 is 20.3 Å². The van der Waals surface area contributed by atoms with Crippen LogP contribution in [-0.2, 0) is 15.7 Å². The van der Waals surface area contributed by atoms with E-state index in [0.717, 1.165) is 12.1 Å². The van der Waals surface area contributed by atoms with E-state index < -0.39 is 29.7 Å². The highest BCUT2D eigenvalue weighted by atomic mass is 32.1. The number of amides is 1. The second-order valence-corrected chi connectivity index (χ2v) is 8.44. The van der Waals surface area contributed by atoms with Crippen molar-refractivity contribution in [3.63, 3.8) is 0 Å². The summed E-state index contributed by atoms with van der Waals surface area (Å²) in [4.78, 5) is 26.9. The number of carbonyl (C=O) groups is 2. The number of nitrogens with zero attached hydrogens (tertiary/aromatic N) is 1. The molecule has 2 aromatic rings. The van der Waals surface area contributed by atoms with Crippen LogP contribution in [0.2, 0.25) is 0 Å². The quantitative estimate of drug-likeness (QED) is 0.451. The highest BCUT2D eigenvalue weighted by molar-refractivity contribution is 7.80. The summed E-state index contributed by atoms with van der Waals surface area (Å²) in [5.41, 5.74) is 1.13. The molecule has 0 aromatic heterocycles. The molecular weight excluding hydrogens is 467 g/mol. The Balaban J connectivity index is 1.83. The van der Waals surface area contributed by atoms with Crippen LogP contribution in [-0.4, -0.2) is 35.0 Å². The molecule has 1 unspecified atom stereocenters. The number of hydrogen-bond acceptors (Lipinski definition) is 4. The highest BCUT2D eigenvalue weighted by Gasteiger charge is 2.34. The molecule has 0 spiro atoms. The van der Waals surface area contributed by atoms with E-state index in [0.29, 0.717) is 27.6 Å². The molecule has 1 atom stereocenters. The average Bonchev–Trinajstić information content (AvgIpc) is 2.76. The number of ether oxygens (including phenoxy) is 1. The second kappa shape index (κ2) is 9.84. The van der Waals surface area contributed by atoms with Gasteiger partial charge in [0.1, 0.15) is 0 Å². The number of benzene rings is 2. The molecule has 0 saturated carbocycles. The van der Waals surface area contributed by atoms with Crippen LogP contribution in [0.5, 0.6) is 0 Å². The Morgan fingerprint density at radius 2 is 1.79 bits per heavy atom. The number of halogens is 3. The van der Waals surface area contributed by atoms with Crippen LogP contribution >= 0.6 is 12.2 Å². The van der Waals surface area contributed by atoms with E-state index in [4.69, 9.17) is 17.0 Å². The molecule has 180 valence electrons. The molecule has 1 aliphatic heterocycles. The highest BCUT2D eigenvalue weighted by Crippen LogP contribution is 2.32. The van der Waals surface area contributed by atoms with Gasteiger partial charge in [0.15, 0.2) is 5.11 Å². The van der Waals surface area contributed by atoms with Gasteiger partial charge in [-0.1, -0.05) is 18.2 Å². The molecule has 1 amide bonds. The summed E-state index contributed by atoms with van der Waals surface area (Å²) in [6.07, 6.45) is -4.85. The molecule has 2 aromatic carbocycles. The van der Waals surface area contributed by atoms with Gasteiger partial charge in [-0.2, -0.15) is 13.2 Å². The number of alkyl halides is 3. The van der Waals surface area contributed by atoms with Gasteiger partial charge in [-0.3, -0.25) is 4.79 Å². The minimum absolute atomic E-state index is 0.112. The summed E-state index contributed by atoms with van der Waals surface area (Å²) >= 11 is 5.37. The van der Waals surface area contributed by atoms with Crippen molar-refractivity contribution in [3.05, 3.63) is 76.5 Å². The van der Waals surface area contributed by atoms with Crippen molar-refractivity contribution in [2.75, 3.05) is 12.4 Å². The molecule has 0 fully saturated rings. The molecule has 0 aliphatic carbocycles. The summed E-state index contributed by atoms with van der Waals surface area (Å²) < 4.78 is 44.2. The number of anilines is 1. The number of rotatable bonds is 5. The Morgan fingerprint density at radius 3 is 2.38 bits per heavy atom. The van der Waals surface area contributed by atoms with Crippen molar-refractivity contribution in [3.8, 4) is 0 Å². The summed E-state index contributed by atoms with van der Waals surface area (Å²) in [6, 6.07) is 10.2. The fraction of sp³-hybridized carbons (Fsp3) is 0.292. The first kappa shape index (κ1) is 25.2. The third-order valence-corrected chi connectivity index (χ3v) is 5.66. The van der Waals surface area contributed by atoms with E-state index in [2.05, 4.69) is 10.6 Å².